The molecule has 1 aromatic heterocycles. The lowest BCUT2D eigenvalue weighted by molar-refractivity contribution is -0.139. The minimum absolute atomic E-state index is 0.0305. The van der Waals surface area contributed by atoms with Crippen LogP contribution in [0.2, 0.25) is 0 Å². The first kappa shape index (κ1) is 21.5. The summed E-state index contributed by atoms with van der Waals surface area (Å²) in [5, 5.41) is 3.07. The molecule has 1 aromatic carbocycles. The van der Waals surface area contributed by atoms with Gasteiger partial charge in [-0.1, -0.05) is 50.1 Å². The van der Waals surface area contributed by atoms with Crippen LogP contribution in [0, 0.1) is 11.8 Å². The molecule has 4 rings (SSSR count). The number of piperidine rings is 1. The van der Waals surface area contributed by atoms with Gasteiger partial charge in [-0.3, -0.25) is 14.6 Å². The maximum Gasteiger partial charge on any atom is 0.225 e. The summed E-state index contributed by atoms with van der Waals surface area (Å²) in [6, 6.07) is 12.5. The molecule has 31 heavy (non-hydrogen) atoms. The molecule has 1 saturated heterocycles. The van der Waals surface area contributed by atoms with Gasteiger partial charge in [0.1, 0.15) is 0 Å². The Kier molecular flexibility index (Phi) is 7.00. The molecule has 0 spiro atoms. The highest BCUT2D eigenvalue weighted by molar-refractivity contribution is 5.82. The van der Waals surface area contributed by atoms with Crippen LogP contribution in [0.3, 0.4) is 0 Å². The van der Waals surface area contributed by atoms with E-state index in [9.17, 15) is 9.59 Å². The standard InChI is InChI=1S/C26H33N3O2/c1-2-19-9-11-21(12-10-19)23-14-24(25(30)28-16-20-6-5-13-27-15-20)18-29(17-23)26(31)22-7-3-4-8-22/h5-6,9-13,15,22-24H,2-4,7-8,14,16-18H2,1H3,(H,28,30)/t23-,24-/m0/s1. The van der Waals surface area contributed by atoms with E-state index in [1.807, 2.05) is 17.0 Å². The molecule has 0 bridgehead atoms. The summed E-state index contributed by atoms with van der Waals surface area (Å²) in [6.45, 7) is 3.86. The molecule has 1 aliphatic carbocycles. The normalized spacial score (nSPS) is 21.8. The summed E-state index contributed by atoms with van der Waals surface area (Å²) in [6.07, 6.45) is 9.55. The molecular formula is C26H33N3O2. The molecule has 1 saturated carbocycles. The van der Waals surface area contributed by atoms with Crippen molar-refractivity contribution in [1.29, 1.82) is 0 Å². The van der Waals surface area contributed by atoms with Crippen molar-refractivity contribution in [3.8, 4) is 0 Å². The average Bonchev–Trinajstić information content (AvgIpc) is 3.37. The van der Waals surface area contributed by atoms with E-state index in [2.05, 4.69) is 41.5 Å². The molecule has 2 heterocycles. The second-order valence-corrected chi connectivity index (χ2v) is 9.03. The van der Waals surface area contributed by atoms with E-state index in [4.69, 9.17) is 0 Å². The van der Waals surface area contributed by atoms with E-state index in [0.717, 1.165) is 44.1 Å². The molecule has 1 N–H and O–H groups in total. The fourth-order valence-electron chi connectivity index (χ4n) is 5.00. The zero-order valence-corrected chi connectivity index (χ0v) is 18.4. The van der Waals surface area contributed by atoms with Crippen molar-refractivity contribution >= 4 is 11.8 Å². The highest BCUT2D eigenvalue weighted by Gasteiger charge is 2.37. The van der Waals surface area contributed by atoms with Gasteiger partial charge in [-0.2, -0.15) is 0 Å². The lowest BCUT2D eigenvalue weighted by Gasteiger charge is -2.38. The van der Waals surface area contributed by atoms with Gasteiger partial charge in [-0.25, -0.2) is 0 Å². The third kappa shape index (κ3) is 5.33. The summed E-state index contributed by atoms with van der Waals surface area (Å²) in [5.74, 6) is 0.423. The first-order valence-corrected chi connectivity index (χ1v) is 11.7. The maximum absolute atomic E-state index is 13.2. The van der Waals surface area contributed by atoms with Crippen molar-refractivity contribution < 1.29 is 9.59 Å². The van der Waals surface area contributed by atoms with Gasteiger partial charge < -0.3 is 10.2 Å². The predicted molar refractivity (Wildman–Crippen MR) is 121 cm³/mol. The third-order valence-electron chi connectivity index (χ3n) is 6.89. The van der Waals surface area contributed by atoms with Gasteiger partial charge in [0.05, 0.1) is 5.92 Å². The zero-order valence-electron chi connectivity index (χ0n) is 18.4. The summed E-state index contributed by atoms with van der Waals surface area (Å²) >= 11 is 0. The van der Waals surface area contributed by atoms with Crippen LogP contribution in [-0.4, -0.2) is 34.8 Å². The summed E-state index contributed by atoms with van der Waals surface area (Å²) in [5.41, 5.74) is 3.52. The Morgan fingerprint density at radius 2 is 1.81 bits per heavy atom. The maximum atomic E-state index is 13.2. The van der Waals surface area contributed by atoms with E-state index in [1.165, 1.54) is 11.1 Å². The monoisotopic (exact) mass is 419 g/mol. The molecule has 1 aliphatic heterocycles. The van der Waals surface area contributed by atoms with Crippen molar-refractivity contribution in [2.24, 2.45) is 11.8 Å². The van der Waals surface area contributed by atoms with Crippen LogP contribution >= 0.6 is 0 Å². The number of aromatic nitrogens is 1. The third-order valence-corrected chi connectivity index (χ3v) is 6.89. The first-order valence-electron chi connectivity index (χ1n) is 11.7. The van der Waals surface area contributed by atoms with E-state index < -0.39 is 0 Å². The number of hydrogen-bond acceptors (Lipinski definition) is 3. The minimum atomic E-state index is -0.188. The number of benzene rings is 1. The molecule has 164 valence electrons. The molecule has 5 nitrogen and oxygen atoms in total. The minimum Gasteiger partial charge on any atom is -0.352 e. The number of likely N-dealkylation sites (tertiary alicyclic amines) is 1. The van der Waals surface area contributed by atoms with Gasteiger partial charge in [-0.15, -0.1) is 0 Å². The smallest absolute Gasteiger partial charge is 0.225 e. The Bertz CT molecular complexity index is 875. The van der Waals surface area contributed by atoms with E-state index in [-0.39, 0.29) is 29.6 Å². The number of amides is 2. The van der Waals surface area contributed by atoms with Gasteiger partial charge in [0.2, 0.25) is 11.8 Å². The summed E-state index contributed by atoms with van der Waals surface area (Å²) < 4.78 is 0. The fourth-order valence-corrected chi connectivity index (χ4v) is 5.00. The lowest BCUT2D eigenvalue weighted by atomic mass is 9.83. The van der Waals surface area contributed by atoms with Crippen LogP contribution in [0.4, 0.5) is 0 Å². The van der Waals surface area contributed by atoms with Crippen LogP contribution in [0.5, 0.6) is 0 Å². The number of carbonyl (C=O) groups excluding carboxylic acids is 2. The number of hydrogen-bond donors (Lipinski definition) is 1. The summed E-state index contributed by atoms with van der Waals surface area (Å²) in [4.78, 5) is 32.4. The zero-order chi connectivity index (χ0) is 21.6. The van der Waals surface area contributed by atoms with Gasteiger partial charge in [0.25, 0.3) is 0 Å². The fraction of sp³-hybridized carbons (Fsp3) is 0.500. The van der Waals surface area contributed by atoms with Crippen molar-refractivity contribution in [2.45, 2.75) is 57.9 Å². The molecular weight excluding hydrogens is 386 g/mol. The van der Waals surface area contributed by atoms with Crippen molar-refractivity contribution in [2.75, 3.05) is 13.1 Å². The van der Waals surface area contributed by atoms with Gasteiger partial charge in [0, 0.05) is 43.9 Å². The molecule has 2 aromatic rings. The quantitative estimate of drug-likeness (QED) is 0.767. The molecule has 5 heteroatoms. The van der Waals surface area contributed by atoms with Crippen molar-refractivity contribution in [3.05, 3.63) is 65.5 Å². The van der Waals surface area contributed by atoms with E-state index in [1.54, 1.807) is 12.4 Å². The van der Waals surface area contributed by atoms with Gasteiger partial charge in [0.15, 0.2) is 0 Å². The van der Waals surface area contributed by atoms with Crippen LogP contribution in [0.25, 0.3) is 0 Å². The molecule has 2 fully saturated rings. The number of nitrogens with zero attached hydrogens (tertiary/aromatic N) is 2. The molecule has 2 amide bonds. The van der Waals surface area contributed by atoms with Crippen LogP contribution in [0.1, 0.15) is 61.6 Å². The molecule has 2 atom stereocenters. The highest BCUT2D eigenvalue weighted by Crippen LogP contribution is 2.34. The largest absolute Gasteiger partial charge is 0.352 e. The Morgan fingerprint density at radius 3 is 2.48 bits per heavy atom. The second kappa shape index (κ2) is 10.1. The van der Waals surface area contributed by atoms with Crippen LogP contribution in [0.15, 0.2) is 48.8 Å². The van der Waals surface area contributed by atoms with Crippen LogP contribution < -0.4 is 5.32 Å². The van der Waals surface area contributed by atoms with Crippen LogP contribution in [-0.2, 0) is 22.6 Å². The lowest BCUT2D eigenvalue weighted by Crippen LogP contribution is -2.49. The molecule has 2 aliphatic rings. The molecule has 0 radical (unpaired) electrons. The molecule has 0 unspecified atom stereocenters. The van der Waals surface area contributed by atoms with Gasteiger partial charge >= 0.3 is 0 Å². The van der Waals surface area contributed by atoms with E-state index in [0.29, 0.717) is 19.6 Å². The summed E-state index contributed by atoms with van der Waals surface area (Å²) in [7, 11) is 0. The Labute approximate surface area is 185 Å². The topological polar surface area (TPSA) is 62.3 Å². The number of rotatable bonds is 6. The predicted octanol–water partition coefficient (Wildman–Crippen LogP) is 4.08. The Balaban J connectivity index is 1.48. The number of pyridine rings is 1. The number of nitrogens with one attached hydrogen (secondary N) is 1. The highest BCUT2D eigenvalue weighted by atomic mass is 16.2. The average molecular weight is 420 g/mol. The second-order valence-electron chi connectivity index (χ2n) is 9.03. The Hall–Kier alpha value is -2.69. The van der Waals surface area contributed by atoms with Crippen molar-refractivity contribution in [1.82, 2.24) is 15.2 Å². The van der Waals surface area contributed by atoms with E-state index >= 15 is 0 Å². The SMILES string of the molecule is CCc1ccc([C@H]2C[C@H](C(=O)NCc3cccnc3)CN(C(=O)C3CCCC3)C2)cc1. The number of aryl methyl sites for hydroxylation is 1. The Morgan fingerprint density at radius 1 is 1.03 bits per heavy atom. The first-order chi connectivity index (χ1) is 15.1. The van der Waals surface area contributed by atoms with Crippen molar-refractivity contribution in [3.63, 3.8) is 0 Å². The number of carbonyl (C=O) groups is 2. The van der Waals surface area contributed by atoms with Gasteiger partial charge in [-0.05, 0) is 48.4 Å².